The molecule has 0 saturated carbocycles. The van der Waals surface area contributed by atoms with Gasteiger partial charge in [-0.1, -0.05) is 26.7 Å². The number of aromatic hydroxyl groups is 1. The first kappa shape index (κ1) is 15.8. The van der Waals surface area contributed by atoms with E-state index in [1.54, 1.807) is 19.2 Å². The van der Waals surface area contributed by atoms with Crippen LogP contribution >= 0.6 is 0 Å². The molecule has 0 aliphatic heterocycles. The van der Waals surface area contributed by atoms with Crippen molar-refractivity contribution in [3.05, 3.63) is 23.8 Å². The average Bonchev–Trinajstić information content (AvgIpc) is 2.43. The summed E-state index contributed by atoms with van der Waals surface area (Å²) in [6, 6.07) is 5.44. The summed E-state index contributed by atoms with van der Waals surface area (Å²) in [6.07, 6.45) is 4.81. The van der Waals surface area contributed by atoms with Crippen molar-refractivity contribution >= 4 is 0 Å². The largest absolute Gasteiger partial charge is 0.508 e. The standard InChI is InChI=1S/C16H27NO2/c1-4-6-10-17(11-7-5-2)13-14-12-15(19-3)8-9-16(14)18/h8-9,12,18H,4-7,10-11,13H2,1-3H3. The van der Waals surface area contributed by atoms with Gasteiger partial charge in [-0.2, -0.15) is 0 Å². The van der Waals surface area contributed by atoms with Crippen LogP contribution < -0.4 is 4.74 Å². The number of nitrogens with zero attached hydrogens (tertiary/aromatic N) is 1. The molecule has 0 unspecified atom stereocenters. The molecule has 0 fully saturated rings. The number of phenolic OH excluding ortho intramolecular Hbond substituents is 1. The number of ether oxygens (including phenoxy) is 1. The van der Waals surface area contributed by atoms with Crippen molar-refractivity contribution in [2.75, 3.05) is 20.2 Å². The van der Waals surface area contributed by atoms with Gasteiger partial charge in [-0.3, -0.25) is 4.90 Å². The summed E-state index contributed by atoms with van der Waals surface area (Å²) in [5.74, 6) is 1.16. The van der Waals surface area contributed by atoms with Gasteiger partial charge in [0.1, 0.15) is 11.5 Å². The topological polar surface area (TPSA) is 32.7 Å². The lowest BCUT2D eigenvalue weighted by Crippen LogP contribution is -2.25. The van der Waals surface area contributed by atoms with Crippen molar-refractivity contribution in [3.8, 4) is 11.5 Å². The Morgan fingerprint density at radius 3 is 2.26 bits per heavy atom. The molecule has 1 aromatic rings. The minimum Gasteiger partial charge on any atom is -0.508 e. The normalized spacial score (nSPS) is 10.9. The van der Waals surface area contributed by atoms with Crippen LogP contribution in [0.5, 0.6) is 11.5 Å². The molecule has 3 nitrogen and oxygen atoms in total. The van der Waals surface area contributed by atoms with E-state index in [1.807, 2.05) is 6.07 Å². The Balaban J connectivity index is 2.70. The van der Waals surface area contributed by atoms with Crippen molar-refractivity contribution in [3.63, 3.8) is 0 Å². The van der Waals surface area contributed by atoms with E-state index >= 15 is 0 Å². The molecule has 1 N–H and O–H groups in total. The third kappa shape index (κ3) is 5.52. The number of phenols is 1. The predicted molar refractivity (Wildman–Crippen MR) is 79.8 cm³/mol. The zero-order valence-electron chi connectivity index (χ0n) is 12.5. The van der Waals surface area contributed by atoms with E-state index in [0.29, 0.717) is 5.75 Å². The van der Waals surface area contributed by atoms with E-state index < -0.39 is 0 Å². The summed E-state index contributed by atoms with van der Waals surface area (Å²) in [4.78, 5) is 2.42. The highest BCUT2D eigenvalue weighted by Gasteiger charge is 2.09. The van der Waals surface area contributed by atoms with Gasteiger partial charge in [0.2, 0.25) is 0 Å². The Morgan fingerprint density at radius 2 is 1.74 bits per heavy atom. The van der Waals surface area contributed by atoms with Crippen molar-refractivity contribution in [2.24, 2.45) is 0 Å². The minimum absolute atomic E-state index is 0.360. The highest BCUT2D eigenvalue weighted by atomic mass is 16.5. The van der Waals surface area contributed by atoms with Crippen LogP contribution in [0.25, 0.3) is 0 Å². The average molecular weight is 265 g/mol. The van der Waals surface area contributed by atoms with E-state index in [2.05, 4.69) is 18.7 Å². The molecule has 0 atom stereocenters. The van der Waals surface area contributed by atoms with Crippen LogP contribution in [0.4, 0.5) is 0 Å². The fourth-order valence-electron chi connectivity index (χ4n) is 2.09. The molecule has 1 aromatic carbocycles. The monoisotopic (exact) mass is 265 g/mol. The third-order valence-electron chi connectivity index (χ3n) is 3.34. The predicted octanol–water partition coefficient (Wildman–Crippen LogP) is 3.80. The summed E-state index contributed by atoms with van der Waals surface area (Å²) in [6.45, 7) is 7.39. The molecule has 0 radical (unpaired) electrons. The second-order valence-corrected chi connectivity index (χ2v) is 4.98. The van der Waals surface area contributed by atoms with Crippen molar-refractivity contribution in [2.45, 2.75) is 46.1 Å². The second-order valence-electron chi connectivity index (χ2n) is 4.98. The second kappa shape index (κ2) is 8.81. The summed E-state index contributed by atoms with van der Waals surface area (Å²) in [5.41, 5.74) is 0.951. The maximum absolute atomic E-state index is 9.95. The van der Waals surface area contributed by atoms with Gasteiger partial charge in [0, 0.05) is 12.1 Å². The van der Waals surface area contributed by atoms with Gasteiger partial charge in [0.25, 0.3) is 0 Å². The molecule has 19 heavy (non-hydrogen) atoms. The van der Waals surface area contributed by atoms with Crippen LogP contribution in [0, 0.1) is 0 Å². The van der Waals surface area contributed by atoms with Gasteiger partial charge in [-0.15, -0.1) is 0 Å². The number of benzene rings is 1. The number of hydrogen-bond donors (Lipinski definition) is 1. The Bertz CT molecular complexity index is 358. The minimum atomic E-state index is 0.360. The van der Waals surface area contributed by atoms with Gasteiger partial charge in [0.15, 0.2) is 0 Å². The summed E-state index contributed by atoms with van der Waals surface area (Å²) in [5, 5.41) is 9.95. The van der Waals surface area contributed by atoms with Crippen molar-refractivity contribution in [1.82, 2.24) is 4.90 Å². The smallest absolute Gasteiger partial charge is 0.120 e. The first-order valence-corrected chi connectivity index (χ1v) is 7.29. The molecule has 0 aliphatic rings. The maximum atomic E-state index is 9.95. The number of rotatable bonds is 9. The first-order chi connectivity index (χ1) is 9.21. The Kier molecular flexibility index (Phi) is 7.34. The lowest BCUT2D eigenvalue weighted by molar-refractivity contribution is 0.253. The molecular weight excluding hydrogens is 238 g/mol. The molecule has 0 saturated heterocycles. The summed E-state index contributed by atoms with van der Waals surface area (Å²) in [7, 11) is 1.65. The fourth-order valence-corrected chi connectivity index (χ4v) is 2.09. The first-order valence-electron chi connectivity index (χ1n) is 7.29. The number of unbranched alkanes of at least 4 members (excludes halogenated alkanes) is 2. The molecule has 0 aromatic heterocycles. The van der Waals surface area contributed by atoms with Crippen molar-refractivity contribution in [1.29, 1.82) is 0 Å². The molecule has 0 bridgehead atoms. The van der Waals surface area contributed by atoms with Crippen LogP contribution in [0.15, 0.2) is 18.2 Å². The van der Waals surface area contributed by atoms with E-state index in [9.17, 15) is 5.11 Å². The molecule has 0 amide bonds. The SMILES string of the molecule is CCCCN(CCCC)Cc1cc(OC)ccc1O. The van der Waals surface area contributed by atoms with E-state index in [4.69, 9.17) is 4.74 Å². The lowest BCUT2D eigenvalue weighted by atomic mass is 10.1. The zero-order valence-corrected chi connectivity index (χ0v) is 12.5. The third-order valence-corrected chi connectivity index (χ3v) is 3.34. The van der Waals surface area contributed by atoms with Gasteiger partial charge < -0.3 is 9.84 Å². The summed E-state index contributed by atoms with van der Waals surface area (Å²) >= 11 is 0. The lowest BCUT2D eigenvalue weighted by Gasteiger charge is -2.22. The van der Waals surface area contributed by atoms with Crippen LogP contribution in [0.2, 0.25) is 0 Å². The van der Waals surface area contributed by atoms with E-state index in [1.165, 1.54) is 25.7 Å². The zero-order chi connectivity index (χ0) is 14.1. The molecule has 0 spiro atoms. The number of hydrogen-bond acceptors (Lipinski definition) is 3. The van der Waals surface area contributed by atoms with Gasteiger partial charge >= 0.3 is 0 Å². The highest BCUT2D eigenvalue weighted by Crippen LogP contribution is 2.24. The van der Waals surface area contributed by atoms with Gasteiger partial charge in [-0.25, -0.2) is 0 Å². The van der Waals surface area contributed by atoms with E-state index in [0.717, 1.165) is 30.9 Å². The molecule has 108 valence electrons. The molecule has 0 heterocycles. The summed E-state index contributed by atoms with van der Waals surface area (Å²) < 4.78 is 5.22. The molecule has 3 heteroatoms. The van der Waals surface area contributed by atoms with Crippen LogP contribution in [0.3, 0.4) is 0 Å². The quantitative estimate of drug-likeness (QED) is 0.737. The van der Waals surface area contributed by atoms with Crippen LogP contribution in [-0.2, 0) is 6.54 Å². The van der Waals surface area contributed by atoms with E-state index in [-0.39, 0.29) is 0 Å². The van der Waals surface area contributed by atoms with Crippen LogP contribution in [0.1, 0.15) is 45.1 Å². The molecular formula is C16H27NO2. The molecule has 1 rings (SSSR count). The Morgan fingerprint density at radius 1 is 1.11 bits per heavy atom. The van der Waals surface area contributed by atoms with Gasteiger partial charge in [-0.05, 0) is 44.1 Å². The van der Waals surface area contributed by atoms with Crippen LogP contribution in [-0.4, -0.2) is 30.2 Å². The Labute approximate surface area is 117 Å². The fraction of sp³-hybridized carbons (Fsp3) is 0.625. The highest BCUT2D eigenvalue weighted by molar-refractivity contribution is 5.39. The Hall–Kier alpha value is -1.22. The molecule has 0 aliphatic carbocycles. The van der Waals surface area contributed by atoms with Crippen molar-refractivity contribution < 1.29 is 9.84 Å². The van der Waals surface area contributed by atoms with Gasteiger partial charge in [0.05, 0.1) is 7.11 Å². The maximum Gasteiger partial charge on any atom is 0.120 e. The number of methoxy groups -OCH3 is 1.